The van der Waals surface area contributed by atoms with Crippen LogP contribution in [0.2, 0.25) is 0 Å². The van der Waals surface area contributed by atoms with Gasteiger partial charge in [-0.3, -0.25) is 0 Å². The lowest BCUT2D eigenvalue weighted by Gasteiger charge is -2.34. The molecule has 16 rings (SSSR count). The van der Waals surface area contributed by atoms with E-state index in [1.54, 1.807) is 0 Å². The average molecular weight is 1280 g/mol. The number of ether oxygens (including phenoxy) is 1. The highest BCUT2D eigenvalue weighted by Crippen LogP contribution is 2.57. The molecule has 3 nitrogen and oxygen atoms in total. The number of hydrogen-bond donors (Lipinski definition) is 0. The summed E-state index contributed by atoms with van der Waals surface area (Å²) in [5.41, 5.74) is 32.2. The molecular weight excluding hydrogens is 1200 g/mol. The smallest absolute Gasteiger partial charge is 0.119 e. The molecule has 0 amide bonds. The van der Waals surface area contributed by atoms with Gasteiger partial charge in [-0.05, 0) is 239 Å². The van der Waals surface area contributed by atoms with Gasteiger partial charge < -0.3 is 14.2 Å². The summed E-state index contributed by atoms with van der Waals surface area (Å²) in [4.78, 5) is 2.46. The van der Waals surface area contributed by atoms with Gasteiger partial charge in [-0.1, -0.05) is 267 Å². The molecule has 13 aromatic carbocycles. The maximum atomic E-state index is 6.35. The van der Waals surface area contributed by atoms with E-state index in [1.807, 2.05) is 30.4 Å². The Morgan fingerprint density at radius 3 is 1.37 bits per heavy atom. The van der Waals surface area contributed by atoms with Gasteiger partial charge in [0.15, 0.2) is 0 Å². The van der Waals surface area contributed by atoms with Crippen LogP contribution in [0.25, 0.3) is 112 Å². The lowest BCUT2D eigenvalue weighted by molar-refractivity contribution is 0.301. The first-order valence-corrected chi connectivity index (χ1v) is 34.9. The largest absolute Gasteiger partial charge is 0.494 e. The van der Waals surface area contributed by atoms with Gasteiger partial charge in [0.25, 0.3) is 0 Å². The minimum atomic E-state index is -0.391. The molecule has 1 aromatic heterocycles. The Labute approximate surface area is 583 Å². The number of anilines is 3. The van der Waals surface area contributed by atoms with Crippen LogP contribution in [0.15, 0.2) is 311 Å². The van der Waals surface area contributed by atoms with Crippen LogP contribution in [0.1, 0.15) is 104 Å². The van der Waals surface area contributed by atoms with E-state index >= 15 is 0 Å². The molecule has 2 aliphatic carbocycles. The molecule has 0 saturated carbocycles. The summed E-state index contributed by atoms with van der Waals surface area (Å²) in [5, 5.41) is 2.44. The van der Waals surface area contributed by atoms with E-state index in [0.29, 0.717) is 6.61 Å². The number of hydrogen-bond acceptors (Lipinski definition) is 2. The Morgan fingerprint density at radius 1 is 0.384 bits per heavy atom. The zero-order valence-electron chi connectivity index (χ0n) is 57.2. The molecule has 0 bridgehead atoms. The predicted octanol–water partition coefficient (Wildman–Crippen LogP) is 26.0. The van der Waals surface area contributed by atoms with Crippen molar-refractivity contribution in [3.05, 3.63) is 361 Å². The number of benzene rings is 13. The first kappa shape index (κ1) is 62.3. The molecule has 0 radical (unpaired) electrons. The average Bonchev–Trinajstić information content (AvgIpc) is 1.56. The first-order chi connectivity index (χ1) is 48.3. The summed E-state index contributed by atoms with van der Waals surface area (Å²) in [6.07, 6.45) is 8.49. The number of rotatable bonds is 18. The summed E-state index contributed by atoms with van der Waals surface area (Å²) < 4.78 is 8.75. The van der Waals surface area contributed by atoms with Crippen molar-refractivity contribution in [2.75, 3.05) is 11.5 Å². The number of nitrogens with zero attached hydrogens (tertiary/aromatic N) is 2. The maximum Gasteiger partial charge on any atom is 0.119 e. The minimum absolute atomic E-state index is 0.0756. The van der Waals surface area contributed by atoms with Crippen LogP contribution in [-0.4, -0.2) is 11.2 Å². The van der Waals surface area contributed by atoms with Gasteiger partial charge in [0.2, 0.25) is 0 Å². The highest BCUT2D eigenvalue weighted by molar-refractivity contribution is 6.12. The van der Waals surface area contributed by atoms with Crippen molar-refractivity contribution in [3.8, 4) is 78.2 Å². The fourth-order valence-electron chi connectivity index (χ4n) is 15.9. The van der Waals surface area contributed by atoms with E-state index in [0.717, 1.165) is 64.5 Å². The van der Waals surface area contributed by atoms with E-state index in [4.69, 9.17) is 4.74 Å². The Morgan fingerprint density at radius 2 is 0.808 bits per heavy atom. The Balaban J connectivity index is 0.738. The summed E-state index contributed by atoms with van der Waals surface area (Å²) >= 11 is 0. The highest BCUT2D eigenvalue weighted by Gasteiger charge is 2.45. The van der Waals surface area contributed by atoms with E-state index in [2.05, 4.69) is 343 Å². The van der Waals surface area contributed by atoms with Crippen LogP contribution in [0.3, 0.4) is 0 Å². The second-order valence-electron chi connectivity index (χ2n) is 28.4. The van der Waals surface area contributed by atoms with Gasteiger partial charge in [0.1, 0.15) is 5.75 Å². The second-order valence-corrected chi connectivity index (χ2v) is 28.4. The molecule has 1 unspecified atom stereocenters. The van der Waals surface area contributed by atoms with Crippen molar-refractivity contribution in [3.63, 3.8) is 0 Å². The minimum Gasteiger partial charge on any atom is -0.494 e. The van der Waals surface area contributed by atoms with Crippen LogP contribution in [0.5, 0.6) is 5.75 Å². The van der Waals surface area contributed by atoms with E-state index in [-0.39, 0.29) is 10.8 Å². The summed E-state index contributed by atoms with van der Waals surface area (Å²) in [5.74, 6) is 0.886. The van der Waals surface area contributed by atoms with Gasteiger partial charge in [-0.25, -0.2) is 0 Å². The van der Waals surface area contributed by atoms with Gasteiger partial charge in [0.05, 0.1) is 17.6 Å². The molecule has 14 aromatic rings. The van der Waals surface area contributed by atoms with E-state index in [1.165, 1.54) is 122 Å². The number of unbranched alkanes of at least 4 members (excludes halogenated alkanes) is 1. The van der Waals surface area contributed by atoms with E-state index in [9.17, 15) is 0 Å². The van der Waals surface area contributed by atoms with Crippen LogP contribution in [0, 0.1) is 0 Å². The zero-order chi connectivity index (χ0) is 67.6. The summed E-state index contributed by atoms with van der Waals surface area (Å²) in [6, 6.07) is 109. The SMILES string of the molecule is C=Cc1ccc(OCCCCC2(c3ccccc3)c3ccccc3-c3ccc(N(c4ccc(-c5ccc(C(C)(C)C)cc5)cc4)c4ccc(-c5ccc6c(c5)C(C)(C)c5cc(-c7ccc8c(c7)c7cc(-c9ccc(C=C)cc9)ccc7n8-c7ccc(C=C)cc7)ccc5-6)cc4)cc32)cc1. The van der Waals surface area contributed by atoms with Gasteiger partial charge in [-0.2, -0.15) is 0 Å². The molecule has 1 atom stereocenters. The molecule has 480 valence electrons. The highest BCUT2D eigenvalue weighted by atomic mass is 16.5. The molecule has 0 N–H and O–H groups in total. The molecular formula is C96H80N2O. The van der Waals surface area contributed by atoms with Crippen molar-refractivity contribution >= 4 is 57.1 Å². The van der Waals surface area contributed by atoms with Crippen molar-refractivity contribution in [1.29, 1.82) is 0 Å². The molecule has 0 spiro atoms. The third kappa shape index (κ3) is 11.1. The molecule has 0 aliphatic heterocycles. The maximum absolute atomic E-state index is 6.35. The van der Waals surface area contributed by atoms with Gasteiger partial charge in [-0.15, -0.1) is 0 Å². The normalized spacial score (nSPS) is 14.1. The second kappa shape index (κ2) is 25.2. The molecule has 3 heteroatoms. The summed E-state index contributed by atoms with van der Waals surface area (Å²) in [6.45, 7) is 24.2. The van der Waals surface area contributed by atoms with Gasteiger partial charge >= 0.3 is 0 Å². The zero-order valence-corrected chi connectivity index (χ0v) is 57.2. The first-order valence-electron chi connectivity index (χ1n) is 34.9. The van der Waals surface area contributed by atoms with Crippen molar-refractivity contribution in [2.24, 2.45) is 0 Å². The Kier molecular flexibility index (Phi) is 15.8. The lowest BCUT2D eigenvalue weighted by atomic mass is 9.69. The predicted molar refractivity (Wildman–Crippen MR) is 421 cm³/mol. The number of fused-ring (bicyclic) bond motifs is 9. The Hall–Kier alpha value is -11.5. The monoisotopic (exact) mass is 1280 g/mol. The molecule has 2 aliphatic rings. The van der Waals surface area contributed by atoms with Crippen LogP contribution in [-0.2, 0) is 16.2 Å². The fraction of sp³-hybridized carbons (Fsp3) is 0.125. The molecule has 1 heterocycles. The third-order valence-electron chi connectivity index (χ3n) is 21.3. The molecule has 0 fully saturated rings. The fourth-order valence-corrected chi connectivity index (χ4v) is 15.9. The van der Waals surface area contributed by atoms with Crippen LogP contribution in [0.4, 0.5) is 17.1 Å². The standard InChI is InChI=1S/C96H80N2O/c1-9-64-23-29-69(30-24-64)71-39-55-92-86(59-71)87-60-72(40-56-93(87)98(92)79-43-25-65(10-2)26-44-79)74-38-53-84-83-52-37-73(61-89(83)95(7,8)90(84)62-74)70-35-47-78(48-36-70)97(77-45-33-68(34-46-77)67-31-41-75(42-32-67)94(4,5)6)80-49-54-85-82-21-15-16-22-88(82)96(91(85)63-80,76-19-13-12-14-20-76)57-17-18-58-99-81-50-27-66(11-3)28-51-81/h9-16,19-56,59-63H,1-3,17-18,57-58H2,4-8H3. The van der Waals surface area contributed by atoms with Gasteiger partial charge in [0, 0.05) is 44.4 Å². The van der Waals surface area contributed by atoms with E-state index < -0.39 is 5.41 Å². The Bertz CT molecular complexity index is 5410. The summed E-state index contributed by atoms with van der Waals surface area (Å²) in [7, 11) is 0. The van der Waals surface area contributed by atoms with Crippen LogP contribution < -0.4 is 9.64 Å². The topological polar surface area (TPSA) is 17.4 Å². The third-order valence-corrected chi connectivity index (χ3v) is 21.3. The van der Waals surface area contributed by atoms with Crippen LogP contribution >= 0.6 is 0 Å². The lowest BCUT2D eigenvalue weighted by Crippen LogP contribution is -2.27. The molecule has 0 saturated heterocycles. The quantitative estimate of drug-likeness (QED) is 0.0797. The molecule has 99 heavy (non-hydrogen) atoms. The van der Waals surface area contributed by atoms with Crippen molar-refractivity contribution < 1.29 is 4.74 Å². The number of aromatic nitrogens is 1. The van der Waals surface area contributed by atoms with Crippen molar-refractivity contribution in [2.45, 2.75) is 70.1 Å². The van der Waals surface area contributed by atoms with Crippen molar-refractivity contribution in [1.82, 2.24) is 4.57 Å².